The van der Waals surface area contributed by atoms with Crippen LogP contribution in [0.1, 0.15) is 19.3 Å². The lowest BCUT2D eigenvalue weighted by molar-refractivity contribution is -0.147. The highest BCUT2D eigenvalue weighted by Gasteiger charge is 2.42. The molecule has 14 heavy (non-hydrogen) atoms. The Labute approximate surface area is 82.6 Å². The predicted octanol–water partition coefficient (Wildman–Crippen LogP) is -1.18. The second kappa shape index (κ2) is 3.57. The minimum absolute atomic E-state index is 0.0134. The monoisotopic (exact) mass is 197 g/mol. The van der Waals surface area contributed by atoms with E-state index in [1.165, 1.54) is 0 Å². The molecule has 2 aliphatic rings. The van der Waals surface area contributed by atoms with Crippen molar-refractivity contribution in [2.75, 3.05) is 13.1 Å². The standard InChI is InChI=1S/C9H15N3O2/c10-4-3-6-9(14)12-5-1-2-7(12)8(13)11-6/h6-7H,1-5,10H2,(H,11,13)/t6-,7-/m0/s1. The summed E-state index contributed by atoms with van der Waals surface area (Å²) in [6.07, 6.45) is 2.26. The van der Waals surface area contributed by atoms with Gasteiger partial charge in [-0.05, 0) is 25.8 Å². The largest absolute Gasteiger partial charge is 0.342 e. The van der Waals surface area contributed by atoms with E-state index in [-0.39, 0.29) is 23.9 Å². The van der Waals surface area contributed by atoms with E-state index in [0.29, 0.717) is 13.0 Å². The van der Waals surface area contributed by atoms with Gasteiger partial charge in [-0.25, -0.2) is 0 Å². The van der Waals surface area contributed by atoms with E-state index in [1.54, 1.807) is 4.90 Å². The Balaban J connectivity index is 2.12. The Bertz CT molecular complexity index is 267. The van der Waals surface area contributed by atoms with Gasteiger partial charge in [0.25, 0.3) is 0 Å². The first-order valence-electron chi connectivity index (χ1n) is 5.05. The van der Waals surface area contributed by atoms with Gasteiger partial charge < -0.3 is 16.0 Å². The maximum atomic E-state index is 11.8. The highest BCUT2D eigenvalue weighted by atomic mass is 16.2. The van der Waals surface area contributed by atoms with Gasteiger partial charge in [0.2, 0.25) is 11.8 Å². The van der Waals surface area contributed by atoms with Crippen LogP contribution in [-0.2, 0) is 9.59 Å². The quantitative estimate of drug-likeness (QED) is 0.585. The summed E-state index contributed by atoms with van der Waals surface area (Å²) in [4.78, 5) is 25.1. The van der Waals surface area contributed by atoms with E-state index in [2.05, 4.69) is 5.32 Å². The van der Waals surface area contributed by atoms with E-state index in [9.17, 15) is 9.59 Å². The third-order valence-electron chi connectivity index (χ3n) is 2.91. The van der Waals surface area contributed by atoms with Crippen molar-refractivity contribution in [1.29, 1.82) is 0 Å². The first-order valence-corrected chi connectivity index (χ1v) is 5.05. The molecule has 2 heterocycles. The molecule has 2 atom stereocenters. The van der Waals surface area contributed by atoms with Crippen LogP contribution in [0.3, 0.4) is 0 Å². The van der Waals surface area contributed by atoms with Gasteiger partial charge in [-0.2, -0.15) is 0 Å². The minimum atomic E-state index is -0.387. The van der Waals surface area contributed by atoms with Gasteiger partial charge >= 0.3 is 0 Å². The maximum absolute atomic E-state index is 11.8. The average molecular weight is 197 g/mol. The van der Waals surface area contributed by atoms with E-state index >= 15 is 0 Å². The summed E-state index contributed by atoms with van der Waals surface area (Å²) in [6.45, 7) is 1.15. The van der Waals surface area contributed by atoms with Gasteiger partial charge in [0.05, 0.1) is 0 Å². The zero-order valence-corrected chi connectivity index (χ0v) is 8.03. The number of hydrogen-bond donors (Lipinski definition) is 2. The molecule has 3 N–H and O–H groups in total. The number of fused-ring (bicyclic) bond motifs is 1. The Morgan fingerprint density at radius 2 is 2.29 bits per heavy atom. The number of nitrogens with zero attached hydrogens (tertiary/aromatic N) is 1. The normalized spacial score (nSPS) is 31.6. The Kier molecular flexibility index (Phi) is 2.41. The summed E-state index contributed by atoms with van der Waals surface area (Å²) in [5.41, 5.74) is 5.38. The molecule has 0 radical (unpaired) electrons. The lowest BCUT2D eigenvalue weighted by atomic mass is 10.1. The Morgan fingerprint density at radius 1 is 1.50 bits per heavy atom. The third kappa shape index (κ3) is 1.37. The van der Waals surface area contributed by atoms with Gasteiger partial charge in [-0.1, -0.05) is 0 Å². The number of amides is 2. The molecule has 2 amide bonds. The summed E-state index contributed by atoms with van der Waals surface area (Å²) in [6, 6.07) is -0.599. The fourth-order valence-electron chi connectivity index (χ4n) is 2.20. The summed E-state index contributed by atoms with van der Waals surface area (Å²) in [5.74, 6) is 0.0260. The van der Waals surface area contributed by atoms with Gasteiger partial charge in [-0.3, -0.25) is 9.59 Å². The van der Waals surface area contributed by atoms with Crippen LogP contribution in [0.2, 0.25) is 0 Å². The van der Waals surface area contributed by atoms with Crippen molar-refractivity contribution < 1.29 is 9.59 Å². The molecule has 0 spiro atoms. The number of nitrogens with one attached hydrogen (secondary N) is 1. The summed E-state index contributed by atoms with van der Waals surface area (Å²) in [5, 5.41) is 2.73. The maximum Gasteiger partial charge on any atom is 0.245 e. The van der Waals surface area contributed by atoms with Crippen LogP contribution in [0.15, 0.2) is 0 Å². The fourth-order valence-corrected chi connectivity index (χ4v) is 2.20. The molecular formula is C9H15N3O2. The number of nitrogens with two attached hydrogens (primary N) is 1. The van der Waals surface area contributed by atoms with Crippen molar-refractivity contribution >= 4 is 11.8 Å². The highest BCUT2D eigenvalue weighted by Crippen LogP contribution is 2.22. The second-order valence-electron chi connectivity index (χ2n) is 3.83. The third-order valence-corrected chi connectivity index (χ3v) is 2.91. The lowest BCUT2D eigenvalue weighted by Crippen LogP contribution is -2.61. The number of piperazine rings is 1. The minimum Gasteiger partial charge on any atom is -0.342 e. The second-order valence-corrected chi connectivity index (χ2v) is 3.83. The molecule has 0 saturated carbocycles. The van der Waals surface area contributed by atoms with Crippen molar-refractivity contribution in [2.45, 2.75) is 31.3 Å². The molecule has 0 aromatic carbocycles. The fraction of sp³-hybridized carbons (Fsp3) is 0.778. The molecule has 2 rings (SSSR count). The molecule has 0 aromatic rings. The van der Waals surface area contributed by atoms with Crippen LogP contribution in [0, 0.1) is 0 Å². The molecule has 2 fully saturated rings. The number of rotatable bonds is 2. The number of hydrogen-bond acceptors (Lipinski definition) is 3. The predicted molar refractivity (Wildman–Crippen MR) is 50.3 cm³/mol. The van der Waals surface area contributed by atoms with Gasteiger partial charge in [0.1, 0.15) is 12.1 Å². The summed E-state index contributed by atoms with van der Waals surface area (Å²) in [7, 11) is 0. The van der Waals surface area contributed by atoms with E-state index in [0.717, 1.165) is 19.4 Å². The Hall–Kier alpha value is -1.10. The van der Waals surface area contributed by atoms with Crippen molar-refractivity contribution in [1.82, 2.24) is 10.2 Å². The highest BCUT2D eigenvalue weighted by molar-refractivity contribution is 5.97. The molecule has 2 aliphatic heterocycles. The number of carbonyl (C=O) groups is 2. The molecule has 78 valence electrons. The van der Waals surface area contributed by atoms with Crippen molar-refractivity contribution in [2.24, 2.45) is 5.73 Å². The van der Waals surface area contributed by atoms with Gasteiger partial charge in [0, 0.05) is 6.54 Å². The molecule has 2 saturated heterocycles. The van der Waals surface area contributed by atoms with Gasteiger partial charge in [-0.15, -0.1) is 0 Å². The smallest absolute Gasteiger partial charge is 0.245 e. The van der Waals surface area contributed by atoms with Crippen molar-refractivity contribution in [3.8, 4) is 0 Å². The van der Waals surface area contributed by atoms with Crippen molar-refractivity contribution in [3.63, 3.8) is 0 Å². The topological polar surface area (TPSA) is 75.4 Å². The van der Waals surface area contributed by atoms with Crippen LogP contribution in [0.25, 0.3) is 0 Å². The van der Waals surface area contributed by atoms with Crippen LogP contribution in [0.5, 0.6) is 0 Å². The zero-order chi connectivity index (χ0) is 10.1. The van der Waals surface area contributed by atoms with Gasteiger partial charge in [0.15, 0.2) is 0 Å². The Morgan fingerprint density at radius 3 is 3.00 bits per heavy atom. The van der Waals surface area contributed by atoms with Crippen LogP contribution in [-0.4, -0.2) is 41.9 Å². The summed E-state index contributed by atoms with van der Waals surface area (Å²) >= 11 is 0. The van der Waals surface area contributed by atoms with E-state index < -0.39 is 0 Å². The zero-order valence-electron chi connectivity index (χ0n) is 8.03. The lowest BCUT2D eigenvalue weighted by Gasteiger charge is -2.34. The first-order chi connectivity index (χ1) is 6.74. The van der Waals surface area contributed by atoms with E-state index in [4.69, 9.17) is 5.73 Å². The molecule has 0 bridgehead atoms. The molecule has 5 heteroatoms. The summed E-state index contributed by atoms with van der Waals surface area (Å²) < 4.78 is 0. The molecule has 0 unspecified atom stereocenters. The molecule has 0 aromatic heterocycles. The van der Waals surface area contributed by atoms with Crippen LogP contribution in [0.4, 0.5) is 0 Å². The number of carbonyl (C=O) groups excluding carboxylic acids is 2. The van der Waals surface area contributed by atoms with Crippen LogP contribution >= 0.6 is 0 Å². The first kappa shape index (κ1) is 9.45. The molecule has 0 aliphatic carbocycles. The average Bonchev–Trinajstić information content (AvgIpc) is 2.63. The SMILES string of the molecule is NCC[C@@H]1NC(=O)[C@@H]2CCCN2C1=O. The molecule has 5 nitrogen and oxygen atoms in total. The van der Waals surface area contributed by atoms with E-state index in [1.807, 2.05) is 0 Å². The van der Waals surface area contributed by atoms with Crippen molar-refractivity contribution in [3.05, 3.63) is 0 Å². The molecular weight excluding hydrogens is 182 g/mol. The van der Waals surface area contributed by atoms with Crippen LogP contribution < -0.4 is 11.1 Å².